The van der Waals surface area contributed by atoms with Crippen LogP contribution in [0.4, 0.5) is 0 Å². The number of imide groups is 1. The lowest BCUT2D eigenvalue weighted by Crippen LogP contribution is -2.61. The summed E-state index contributed by atoms with van der Waals surface area (Å²) in [4.78, 5) is 85.9. The molecule has 55 heavy (non-hydrogen) atoms. The number of nitrogens with zero attached hydrogens (tertiary/aromatic N) is 2. The Morgan fingerprint density at radius 2 is 1.53 bits per heavy atom. The average molecular weight is 770 g/mol. The van der Waals surface area contributed by atoms with Crippen molar-refractivity contribution in [1.29, 1.82) is 0 Å². The molecule has 2 aliphatic heterocycles. The molecule has 306 valence electrons. The van der Waals surface area contributed by atoms with Gasteiger partial charge in [0.05, 0.1) is 18.1 Å². The molecule has 0 aliphatic carbocycles. The lowest BCUT2D eigenvalue weighted by molar-refractivity contribution is -0.201. The number of ether oxygens (including phenoxy) is 2. The van der Waals surface area contributed by atoms with Gasteiger partial charge >= 0.3 is 5.97 Å². The molecule has 2 aliphatic rings. The molecule has 2 heterocycles. The lowest BCUT2D eigenvalue weighted by atomic mass is 9.76. The zero-order valence-corrected chi connectivity index (χ0v) is 34.9. The minimum absolute atomic E-state index is 0.0398. The van der Waals surface area contributed by atoms with Gasteiger partial charge in [0.1, 0.15) is 17.7 Å². The summed E-state index contributed by atoms with van der Waals surface area (Å²) in [5.74, 6) is -2.64. The Balaban J connectivity index is 1.80. The van der Waals surface area contributed by atoms with Crippen LogP contribution in [-0.4, -0.2) is 102 Å². The van der Waals surface area contributed by atoms with Crippen molar-refractivity contribution in [2.75, 3.05) is 14.1 Å². The number of nitrogens with one attached hydrogen (secondary N) is 3. The summed E-state index contributed by atoms with van der Waals surface area (Å²) in [5, 5.41) is 9.83. The van der Waals surface area contributed by atoms with Crippen LogP contribution in [0, 0.1) is 11.3 Å². The number of likely N-dealkylation sites (N-methyl/N-ethyl adjacent to an activating group) is 2. The van der Waals surface area contributed by atoms with Crippen molar-refractivity contribution in [3.63, 3.8) is 0 Å². The zero-order valence-electron chi connectivity index (χ0n) is 34.9. The Labute approximate surface area is 326 Å². The van der Waals surface area contributed by atoms with Crippen LogP contribution < -0.4 is 16.0 Å². The van der Waals surface area contributed by atoms with Crippen LogP contribution in [0.3, 0.4) is 0 Å². The number of carbonyl (C=O) groups excluding carboxylic acids is 6. The first kappa shape index (κ1) is 45.3. The zero-order chi connectivity index (χ0) is 41.6. The standard InChI is InChI=1S/C41H63N5O9/c1-24(2)28(45(13)37(52)34(39(4,5)6)44-36(51)33(42-12)41(10,11)26-17-15-14-16-18-26)23-25(3)35(50)43-27(19-22-31(49)54-40(7,8)9)32-38(53-32)55-46-29(47)20-21-30(46)48/h14-18,23-24,27-28,32-34,38,42H,19-22H2,1-13H3,(H,43,50)(H,44,51)/b25-23+/t27-,28-,32?,33-,34-,38?/m1/s1. The van der Waals surface area contributed by atoms with E-state index in [1.54, 1.807) is 52.8 Å². The summed E-state index contributed by atoms with van der Waals surface area (Å²) in [6.07, 6.45) is 0.169. The summed E-state index contributed by atoms with van der Waals surface area (Å²) < 4.78 is 11.1. The minimum atomic E-state index is -0.975. The minimum Gasteiger partial charge on any atom is -0.460 e. The normalized spacial score (nSPS) is 20.1. The fourth-order valence-corrected chi connectivity index (χ4v) is 6.69. The van der Waals surface area contributed by atoms with E-state index in [4.69, 9.17) is 14.3 Å². The third kappa shape index (κ3) is 12.2. The van der Waals surface area contributed by atoms with Gasteiger partial charge in [0.25, 0.3) is 11.8 Å². The van der Waals surface area contributed by atoms with Gasteiger partial charge in [-0.15, -0.1) is 0 Å². The van der Waals surface area contributed by atoms with E-state index in [2.05, 4.69) is 16.0 Å². The van der Waals surface area contributed by atoms with Crippen molar-refractivity contribution < 1.29 is 43.1 Å². The molecule has 2 saturated heterocycles. The number of rotatable bonds is 17. The highest BCUT2D eigenvalue weighted by Gasteiger charge is 2.51. The van der Waals surface area contributed by atoms with Gasteiger partial charge in [-0.1, -0.05) is 84.9 Å². The van der Waals surface area contributed by atoms with Crippen LogP contribution >= 0.6 is 0 Å². The molecular formula is C41H63N5O9. The van der Waals surface area contributed by atoms with Crippen LogP contribution in [0.2, 0.25) is 0 Å². The van der Waals surface area contributed by atoms with Gasteiger partial charge in [-0.2, -0.15) is 5.06 Å². The maximum Gasteiger partial charge on any atom is 0.306 e. The molecule has 0 radical (unpaired) electrons. The number of hydrogen-bond donors (Lipinski definition) is 3. The molecule has 6 atom stereocenters. The molecule has 2 unspecified atom stereocenters. The Kier molecular flexibility index (Phi) is 15.0. The summed E-state index contributed by atoms with van der Waals surface area (Å²) in [6.45, 7) is 20.4. The lowest BCUT2D eigenvalue weighted by Gasteiger charge is -2.40. The summed E-state index contributed by atoms with van der Waals surface area (Å²) in [5.41, 5.74) is -0.692. The van der Waals surface area contributed by atoms with E-state index >= 15 is 0 Å². The molecule has 1 aromatic rings. The predicted molar refractivity (Wildman–Crippen MR) is 207 cm³/mol. The van der Waals surface area contributed by atoms with Crippen LogP contribution in [0.5, 0.6) is 0 Å². The molecule has 5 amide bonds. The fourth-order valence-electron chi connectivity index (χ4n) is 6.69. The molecular weight excluding hydrogens is 706 g/mol. The smallest absolute Gasteiger partial charge is 0.306 e. The Bertz CT molecular complexity index is 1580. The van der Waals surface area contributed by atoms with Crippen molar-refractivity contribution >= 4 is 35.5 Å². The van der Waals surface area contributed by atoms with E-state index in [0.717, 1.165) is 5.56 Å². The van der Waals surface area contributed by atoms with E-state index in [9.17, 15) is 28.8 Å². The molecule has 0 saturated carbocycles. The summed E-state index contributed by atoms with van der Waals surface area (Å²) >= 11 is 0. The van der Waals surface area contributed by atoms with Gasteiger partial charge in [-0.05, 0) is 58.1 Å². The highest BCUT2D eigenvalue weighted by Crippen LogP contribution is 2.32. The van der Waals surface area contributed by atoms with Crippen molar-refractivity contribution in [3.8, 4) is 0 Å². The molecule has 2 fully saturated rings. The van der Waals surface area contributed by atoms with Crippen molar-refractivity contribution in [3.05, 3.63) is 47.5 Å². The van der Waals surface area contributed by atoms with Crippen molar-refractivity contribution in [2.24, 2.45) is 11.3 Å². The first-order chi connectivity index (χ1) is 25.4. The van der Waals surface area contributed by atoms with E-state index in [1.807, 2.05) is 78.8 Å². The van der Waals surface area contributed by atoms with Crippen molar-refractivity contribution in [2.45, 2.75) is 149 Å². The molecule has 0 aromatic heterocycles. The number of carbonyl (C=O) groups is 6. The second-order valence-corrected chi connectivity index (χ2v) is 17.5. The number of amides is 5. The fraction of sp³-hybridized carbons (Fsp3) is 0.659. The number of epoxide rings is 1. The number of esters is 1. The van der Waals surface area contributed by atoms with E-state index in [0.29, 0.717) is 10.6 Å². The summed E-state index contributed by atoms with van der Waals surface area (Å²) in [7, 11) is 3.38. The van der Waals surface area contributed by atoms with Crippen LogP contribution in [-0.2, 0) is 48.5 Å². The highest BCUT2D eigenvalue weighted by molar-refractivity contribution is 6.00. The van der Waals surface area contributed by atoms with Crippen LogP contribution in [0.15, 0.2) is 42.0 Å². The molecule has 0 spiro atoms. The third-order valence-electron chi connectivity index (χ3n) is 9.94. The first-order valence-corrected chi connectivity index (χ1v) is 19.1. The Morgan fingerprint density at radius 1 is 0.945 bits per heavy atom. The molecule has 0 bridgehead atoms. The SMILES string of the molecule is CN[C@H](C(=O)N[C@H](C(=O)N(C)[C@H](/C=C(\C)C(=O)N[C@H](CCC(=O)OC(C)(C)C)C1OC1ON1C(=O)CCC1=O)C(C)C)C(C)(C)C)C(C)(C)c1ccccc1. The van der Waals surface area contributed by atoms with Crippen LogP contribution in [0.25, 0.3) is 0 Å². The second-order valence-electron chi connectivity index (χ2n) is 17.5. The Morgan fingerprint density at radius 3 is 2.04 bits per heavy atom. The van der Waals surface area contributed by atoms with E-state index in [1.165, 1.54) is 0 Å². The molecule has 14 heteroatoms. The molecule has 3 N–H and O–H groups in total. The first-order valence-electron chi connectivity index (χ1n) is 19.1. The highest BCUT2D eigenvalue weighted by atomic mass is 16.9. The summed E-state index contributed by atoms with van der Waals surface area (Å²) in [6, 6.07) is 6.90. The Hall–Kier alpha value is -4.14. The van der Waals surface area contributed by atoms with E-state index < -0.39 is 76.7 Å². The maximum atomic E-state index is 14.3. The third-order valence-corrected chi connectivity index (χ3v) is 9.94. The van der Waals surface area contributed by atoms with Gasteiger partial charge in [0.2, 0.25) is 24.0 Å². The van der Waals surface area contributed by atoms with Crippen molar-refractivity contribution in [1.82, 2.24) is 25.9 Å². The van der Waals surface area contributed by atoms with Gasteiger partial charge in [0, 0.05) is 37.3 Å². The monoisotopic (exact) mass is 769 g/mol. The predicted octanol–water partition coefficient (Wildman–Crippen LogP) is 3.92. The maximum absolute atomic E-state index is 14.3. The number of hydroxylamine groups is 2. The van der Waals surface area contributed by atoms with Crippen LogP contribution in [0.1, 0.15) is 107 Å². The largest absolute Gasteiger partial charge is 0.460 e. The van der Waals surface area contributed by atoms with Gasteiger partial charge < -0.3 is 30.3 Å². The molecule has 1 aromatic carbocycles. The second kappa shape index (κ2) is 18.2. The van der Waals surface area contributed by atoms with E-state index in [-0.39, 0.29) is 43.4 Å². The van der Waals surface area contributed by atoms with Gasteiger partial charge in [0.15, 0.2) is 0 Å². The average Bonchev–Trinajstić information content (AvgIpc) is 3.79. The van der Waals surface area contributed by atoms with Gasteiger partial charge in [-0.3, -0.25) is 28.8 Å². The number of hydrogen-bond acceptors (Lipinski definition) is 10. The number of benzene rings is 1. The van der Waals surface area contributed by atoms with Gasteiger partial charge in [-0.25, -0.2) is 4.84 Å². The quantitative estimate of drug-likeness (QED) is 0.0912. The topological polar surface area (TPSA) is 176 Å². The molecule has 14 nitrogen and oxygen atoms in total. The molecule has 3 rings (SSSR count).